The van der Waals surface area contributed by atoms with E-state index in [1.54, 1.807) is 0 Å². The highest BCUT2D eigenvalue weighted by Gasteiger charge is 2.24. The van der Waals surface area contributed by atoms with Crippen LogP contribution in [0.25, 0.3) is 0 Å². The zero-order chi connectivity index (χ0) is 12.1. The quantitative estimate of drug-likeness (QED) is 0.856. The van der Waals surface area contributed by atoms with Crippen LogP contribution in [-0.4, -0.2) is 37.6 Å². The number of hydrogen-bond acceptors (Lipinski definition) is 2. The zero-order valence-electron chi connectivity index (χ0n) is 11.0. The predicted octanol–water partition coefficient (Wildman–Crippen LogP) is 2.16. The van der Waals surface area contributed by atoms with Crippen molar-refractivity contribution < 1.29 is 0 Å². The molecule has 1 N–H and O–H groups in total. The van der Waals surface area contributed by atoms with Crippen LogP contribution in [0.4, 0.5) is 0 Å². The molecular weight excluding hydrogens is 208 g/mol. The number of benzene rings is 1. The number of hydrogen-bond donors (Lipinski definition) is 1. The Balaban J connectivity index is 1.82. The van der Waals surface area contributed by atoms with Gasteiger partial charge in [-0.25, -0.2) is 0 Å². The van der Waals surface area contributed by atoms with Crippen LogP contribution < -0.4 is 5.32 Å². The first kappa shape index (κ1) is 12.6. The Hall–Kier alpha value is -0.860. The summed E-state index contributed by atoms with van der Waals surface area (Å²) in [6, 6.07) is 11.5. The molecule has 1 saturated heterocycles. The molecule has 2 atom stereocenters. The van der Waals surface area contributed by atoms with Gasteiger partial charge in [-0.2, -0.15) is 0 Å². The van der Waals surface area contributed by atoms with Gasteiger partial charge in [0.05, 0.1) is 0 Å². The summed E-state index contributed by atoms with van der Waals surface area (Å²) in [6.45, 7) is 5.86. The van der Waals surface area contributed by atoms with Gasteiger partial charge in [0.25, 0.3) is 0 Å². The van der Waals surface area contributed by atoms with Crippen molar-refractivity contribution in [3.63, 3.8) is 0 Å². The van der Waals surface area contributed by atoms with E-state index in [-0.39, 0.29) is 0 Å². The van der Waals surface area contributed by atoms with E-state index in [1.807, 2.05) is 0 Å². The molecule has 0 spiro atoms. The summed E-state index contributed by atoms with van der Waals surface area (Å²) >= 11 is 0. The van der Waals surface area contributed by atoms with Gasteiger partial charge in [-0.3, -0.25) is 0 Å². The average molecular weight is 232 g/mol. The molecule has 2 unspecified atom stereocenters. The van der Waals surface area contributed by atoms with E-state index in [9.17, 15) is 0 Å². The van der Waals surface area contributed by atoms with E-state index in [2.05, 4.69) is 54.5 Å². The molecule has 2 nitrogen and oxygen atoms in total. The summed E-state index contributed by atoms with van der Waals surface area (Å²) in [5, 5.41) is 3.50. The Labute approximate surface area is 105 Å². The minimum Gasteiger partial charge on any atom is -0.315 e. The van der Waals surface area contributed by atoms with Crippen molar-refractivity contribution in [2.45, 2.75) is 25.8 Å². The van der Waals surface area contributed by atoms with Gasteiger partial charge < -0.3 is 10.2 Å². The van der Waals surface area contributed by atoms with Gasteiger partial charge in [-0.05, 0) is 37.9 Å². The first-order valence-electron chi connectivity index (χ1n) is 6.72. The van der Waals surface area contributed by atoms with Crippen LogP contribution in [0.1, 0.15) is 18.9 Å². The van der Waals surface area contributed by atoms with E-state index >= 15 is 0 Å². The molecule has 1 aliphatic rings. The maximum absolute atomic E-state index is 3.50. The van der Waals surface area contributed by atoms with E-state index in [1.165, 1.54) is 18.5 Å². The Kier molecular flexibility index (Phi) is 4.57. The molecule has 0 aromatic heterocycles. The lowest BCUT2D eigenvalue weighted by Crippen LogP contribution is -2.49. The lowest BCUT2D eigenvalue weighted by atomic mass is 9.93. The summed E-state index contributed by atoms with van der Waals surface area (Å²) in [7, 11) is 2.26. The lowest BCUT2D eigenvalue weighted by molar-refractivity contribution is 0.153. The molecule has 2 heteroatoms. The fourth-order valence-electron chi connectivity index (χ4n) is 2.68. The molecule has 1 aromatic carbocycles. The number of nitrogens with one attached hydrogen (secondary N) is 1. The van der Waals surface area contributed by atoms with Crippen LogP contribution in [0.15, 0.2) is 30.3 Å². The number of nitrogens with zero attached hydrogens (tertiary/aromatic N) is 1. The van der Waals surface area contributed by atoms with Gasteiger partial charge in [0.1, 0.15) is 0 Å². The smallest absolute Gasteiger partial charge is 0.0243 e. The molecular formula is C15H24N2. The Morgan fingerprint density at radius 1 is 1.29 bits per heavy atom. The normalized spacial score (nSPS) is 25.1. The Morgan fingerprint density at radius 2 is 2.06 bits per heavy atom. The molecule has 17 heavy (non-hydrogen) atoms. The average Bonchev–Trinajstić information content (AvgIpc) is 2.38. The zero-order valence-corrected chi connectivity index (χ0v) is 11.0. The minimum absolute atomic E-state index is 0.701. The maximum atomic E-state index is 3.50. The van der Waals surface area contributed by atoms with Crippen LogP contribution in [0.5, 0.6) is 0 Å². The monoisotopic (exact) mass is 232 g/mol. The maximum Gasteiger partial charge on any atom is 0.0243 e. The van der Waals surface area contributed by atoms with Crippen LogP contribution in [-0.2, 0) is 6.42 Å². The van der Waals surface area contributed by atoms with Crippen molar-refractivity contribution in [1.82, 2.24) is 10.2 Å². The summed E-state index contributed by atoms with van der Waals surface area (Å²) in [5.74, 6) is 0.817. The largest absolute Gasteiger partial charge is 0.315 e. The van der Waals surface area contributed by atoms with Crippen molar-refractivity contribution in [1.29, 1.82) is 0 Å². The highest BCUT2D eigenvalue weighted by atomic mass is 15.2. The molecule has 94 valence electrons. The summed E-state index contributed by atoms with van der Waals surface area (Å²) in [4.78, 5) is 2.52. The van der Waals surface area contributed by atoms with Crippen LogP contribution in [0.3, 0.4) is 0 Å². The summed E-state index contributed by atoms with van der Waals surface area (Å²) in [5.41, 5.74) is 1.44. The molecule has 0 aliphatic carbocycles. The molecule has 0 saturated carbocycles. The van der Waals surface area contributed by atoms with Crippen molar-refractivity contribution in [2.75, 3.05) is 26.7 Å². The molecule has 1 heterocycles. The first-order chi connectivity index (χ1) is 8.27. The number of piperidine rings is 1. The second-order valence-electron chi connectivity index (χ2n) is 5.25. The van der Waals surface area contributed by atoms with Gasteiger partial charge in [-0.15, -0.1) is 0 Å². The lowest BCUT2D eigenvalue weighted by Gasteiger charge is -2.36. The molecule has 2 rings (SSSR count). The molecule has 0 bridgehead atoms. The number of likely N-dealkylation sites (N-methyl/N-ethyl adjacent to an activating group) is 1. The second kappa shape index (κ2) is 6.18. The van der Waals surface area contributed by atoms with Gasteiger partial charge in [0.2, 0.25) is 0 Å². The standard InChI is InChI=1S/C15H24N2/c1-13-8-10-16-12-15(13)17(2)11-9-14-6-4-3-5-7-14/h3-7,13,15-16H,8-12H2,1-2H3. The second-order valence-corrected chi connectivity index (χ2v) is 5.25. The van der Waals surface area contributed by atoms with Crippen LogP contribution in [0.2, 0.25) is 0 Å². The fourth-order valence-corrected chi connectivity index (χ4v) is 2.68. The third-order valence-electron chi connectivity index (χ3n) is 3.95. The SMILES string of the molecule is CC1CCNCC1N(C)CCc1ccccc1. The van der Waals surface area contributed by atoms with Gasteiger partial charge >= 0.3 is 0 Å². The van der Waals surface area contributed by atoms with Crippen molar-refractivity contribution in [2.24, 2.45) is 5.92 Å². The van der Waals surface area contributed by atoms with Crippen molar-refractivity contribution in [3.05, 3.63) is 35.9 Å². The van der Waals surface area contributed by atoms with Crippen LogP contribution in [0, 0.1) is 5.92 Å². The third-order valence-corrected chi connectivity index (χ3v) is 3.95. The summed E-state index contributed by atoms with van der Waals surface area (Å²) in [6.07, 6.45) is 2.46. The van der Waals surface area contributed by atoms with Crippen LogP contribution >= 0.6 is 0 Å². The molecule has 1 aromatic rings. The highest BCUT2D eigenvalue weighted by molar-refractivity contribution is 5.14. The molecule has 1 fully saturated rings. The van der Waals surface area contributed by atoms with E-state index in [0.29, 0.717) is 6.04 Å². The third kappa shape index (κ3) is 3.55. The number of rotatable bonds is 4. The Morgan fingerprint density at radius 3 is 2.76 bits per heavy atom. The molecule has 0 amide bonds. The minimum atomic E-state index is 0.701. The Bertz CT molecular complexity index is 323. The summed E-state index contributed by atoms with van der Waals surface area (Å²) < 4.78 is 0. The molecule has 1 aliphatic heterocycles. The van der Waals surface area contributed by atoms with Gasteiger partial charge in [-0.1, -0.05) is 37.3 Å². The van der Waals surface area contributed by atoms with Gasteiger partial charge in [0, 0.05) is 19.1 Å². The fraction of sp³-hybridized carbons (Fsp3) is 0.600. The van der Waals surface area contributed by atoms with E-state index < -0.39 is 0 Å². The van der Waals surface area contributed by atoms with E-state index in [4.69, 9.17) is 0 Å². The highest BCUT2D eigenvalue weighted by Crippen LogP contribution is 2.16. The first-order valence-corrected chi connectivity index (χ1v) is 6.72. The van der Waals surface area contributed by atoms with Crippen molar-refractivity contribution in [3.8, 4) is 0 Å². The van der Waals surface area contributed by atoms with Gasteiger partial charge in [0.15, 0.2) is 0 Å². The van der Waals surface area contributed by atoms with Crippen molar-refractivity contribution >= 4 is 0 Å². The predicted molar refractivity (Wildman–Crippen MR) is 73.2 cm³/mol. The topological polar surface area (TPSA) is 15.3 Å². The molecule has 0 radical (unpaired) electrons. The van der Waals surface area contributed by atoms with E-state index in [0.717, 1.165) is 25.4 Å².